The van der Waals surface area contributed by atoms with Gasteiger partial charge in [0.2, 0.25) is 0 Å². The number of nitrogens with one attached hydrogen (secondary N) is 2. The number of rotatable bonds is 5. The normalized spacial score (nSPS) is 14.0. The molecule has 0 saturated carbocycles. The van der Waals surface area contributed by atoms with Crippen molar-refractivity contribution in [1.82, 2.24) is 15.1 Å². The van der Waals surface area contributed by atoms with E-state index in [4.69, 9.17) is 0 Å². The van der Waals surface area contributed by atoms with Crippen LogP contribution in [0.4, 0.5) is 10.5 Å². The minimum atomic E-state index is -0.0126. The monoisotopic (exact) mass is 393 g/mol. The van der Waals surface area contributed by atoms with Gasteiger partial charge in [-0.15, -0.1) is 0 Å². The number of amides is 2. The van der Waals surface area contributed by atoms with Gasteiger partial charge in [-0.05, 0) is 48.6 Å². The lowest BCUT2D eigenvalue weighted by Gasteiger charge is -2.23. The Morgan fingerprint density at radius 1 is 1.14 bits per heavy atom. The summed E-state index contributed by atoms with van der Waals surface area (Å²) in [4.78, 5) is 20.7. The number of aliphatic imine (C=N–C) groups is 1. The molecule has 29 heavy (non-hydrogen) atoms. The zero-order chi connectivity index (χ0) is 20.6. The van der Waals surface area contributed by atoms with Gasteiger partial charge in [-0.1, -0.05) is 36.4 Å². The summed E-state index contributed by atoms with van der Waals surface area (Å²) in [5.74, 6) is 0.833. The summed E-state index contributed by atoms with van der Waals surface area (Å²) in [6.07, 6.45) is 2.18. The van der Waals surface area contributed by atoms with E-state index in [1.165, 1.54) is 11.1 Å². The minimum absolute atomic E-state index is 0.0126. The van der Waals surface area contributed by atoms with Crippen molar-refractivity contribution in [3.63, 3.8) is 0 Å². The van der Waals surface area contributed by atoms with Crippen molar-refractivity contribution in [2.45, 2.75) is 32.9 Å². The van der Waals surface area contributed by atoms with Crippen LogP contribution in [0.5, 0.6) is 0 Å². The van der Waals surface area contributed by atoms with Gasteiger partial charge < -0.3 is 20.4 Å². The summed E-state index contributed by atoms with van der Waals surface area (Å²) in [6.45, 7) is 5.24. The Morgan fingerprint density at radius 2 is 1.90 bits per heavy atom. The number of carbonyl (C=O) groups excluding carboxylic acids is 1. The molecule has 1 heterocycles. The van der Waals surface area contributed by atoms with Crippen LogP contribution in [-0.2, 0) is 13.1 Å². The second-order valence-electron chi connectivity index (χ2n) is 7.51. The van der Waals surface area contributed by atoms with Gasteiger partial charge in [0.05, 0.1) is 0 Å². The molecule has 1 aliphatic rings. The fourth-order valence-corrected chi connectivity index (χ4v) is 3.57. The molecule has 0 aliphatic carbocycles. The van der Waals surface area contributed by atoms with Crippen LogP contribution in [0.3, 0.4) is 0 Å². The van der Waals surface area contributed by atoms with Gasteiger partial charge in [0, 0.05) is 46.0 Å². The molecule has 0 aromatic heterocycles. The zero-order valence-corrected chi connectivity index (χ0v) is 17.6. The average molecular weight is 394 g/mol. The highest BCUT2D eigenvalue weighted by Crippen LogP contribution is 2.14. The topological polar surface area (TPSA) is 60.0 Å². The number of guanidine groups is 1. The summed E-state index contributed by atoms with van der Waals surface area (Å²) in [5, 5.41) is 6.42. The molecule has 3 rings (SSSR count). The predicted octanol–water partition coefficient (Wildman–Crippen LogP) is 3.83. The van der Waals surface area contributed by atoms with E-state index in [9.17, 15) is 4.79 Å². The molecule has 0 atom stereocenters. The molecule has 2 aromatic carbocycles. The molecule has 1 saturated heterocycles. The van der Waals surface area contributed by atoms with Crippen LogP contribution in [0, 0.1) is 6.92 Å². The van der Waals surface area contributed by atoms with E-state index in [1.54, 1.807) is 7.05 Å². The maximum atomic E-state index is 12.3. The first kappa shape index (κ1) is 20.7. The van der Waals surface area contributed by atoms with Crippen molar-refractivity contribution in [2.75, 3.05) is 32.5 Å². The number of hydrogen-bond donors (Lipinski definition) is 2. The summed E-state index contributed by atoms with van der Waals surface area (Å²) >= 11 is 0. The lowest BCUT2D eigenvalue weighted by atomic mass is 10.1. The van der Waals surface area contributed by atoms with Crippen LogP contribution >= 0.6 is 0 Å². The number of benzene rings is 2. The number of hydrogen-bond acceptors (Lipinski definition) is 2. The van der Waals surface area contributed by atoms with Crippen molar-refractivity contribution in [2.24, 2.45) is 4.99 Å². The molecule has 2 amide bonds. The molecule has 1 fully saturated rings. The highest BCUT2D eigenvalue weighted by Gasteiger charge is 2.17. The standard InChI is InChI=1S/C23H31N5O/c1-18-9-4-5-11-20(18)17-27(3)22(24-2)25-16-19-10-8-12-21(15-19)26-23(29)28-13-6-7-14-28/h4-5,8-12,15H,6-7,13-14,16-17H2,1-3H3,(H,24,25)(H,26,29). The second kappa shape index (κ2) is 9.96. The third-order valence-corrected chi connectivity index (χ3v) is 5.26. The number of anilines is 1. The van der Waals surface area contributed by atoms with E-state index in [-0.39, 0.29) is 6.03 Å². The van der Waals surface area contributed by atoms with Crippen molar-refractivity contribution in [3.8, 4) is 0 Å². The Labute approximate surface area is 173 Å². The van der Waals surface area contributed by atoms with Crippen LogP contribution in [-0.4, -0.2) is 49.0 Å². The summed E-state index contributed by atoms with van der Waals surface area (Å²) < 4.78 is 0. The molecule has 2 aromatic rings. The molecule has 6 nitrogen and oxygen atoms in total. The first-order valence-corrected chi connectivity index (χ1v) is 10.2. The van der Waals surface area contributed by atoms with Gasteiger partial charge in [0.1, 0.15) is 0 Å². The molecule has 6 heteroatoms. The highest BCUT2D eigenvalue weighted by molar-refractivity contribution is 5.89. The van der Waals surface area contributed by atoms with E-state index in [2.05, 4.69) is 51.7 Å². The molecule has 1 aliphatic heterocycles. The van der Waals surface area contributed by atoms with Crippen LogP contribution < -0.4 is 10.6 Å². The summed E-state index contributed by atoms with van der Waals surface area (Å²) in [7, 11) is 3.83. The largest absolute Gasteiger partial charge is 0.352 e. The highest BCUT2D eigenvalue weighted by atomic mass is 16.2. The Hall–Kier alpha value is -3.02. The van der Waals surface area contributed by atoms with Gasteiger partial charge in [-0.2, -0.15) is 0 Å². The third-order valence-electron chi connectivity index (χ3n) is 5.26. The lowest BCUT2D eigenvalue weighted by molar-refractivity contribution is 0.222. The van der Waals surface area contributed by atoms with Gasteiger partial charge in [0.15, 0.2) is 5.96 Å². The molecule has 0 spiro atoms. The van der Waals surface area contributed by atoms with Gasteiger partial charge >= 0.3 is 6.03 Å². The van der Waals surface area contributed by atoms with Crippen molar-refractivity contribution in [1.29, 1.82) is 0 Å². The first-order valence-electron chi connectivity index (χ1n) is 10.2. The van der Waals surface area contributed by atoms with Crippen molar-refractivity contribution < 1.29 is 4.79 Å². The molecule has 0 radical (unpaired) electrons. The van der Waals surface area contributed by atoms with Gasteiger partial charge in [-0.3, -0.25) is 4.99 Å². The second-order valence-corrected chi connectivity index (χ2v) is 7.51. The molecule has 0 unspecified atom stereocenters. The van der Waals surface area contributed by atoms with Crippen LogP contribution in [0.25, 0.3) is 0 Å². The number of carbonyl (C=O) groups is 1. The number of nitrogens with zero attached hydrogens (tertiary/aromatic N) is 3. The first-order chi connectivity index (χ1) is 14.1. The molecular formula is C23H31N5O. The number of aryl methyl sites for hydroxylation is 1. The predicted molar refractivity (Wildman–Crippen MR) is 119 cm³/mol. The quantitative estimate of drug-likeness (QED) is 0.600. The molecule has 2 N–H and O–H groups in total. The van der Waals surface area contributed by atoms with E-state index in [0.717, 1.165) is 49.7 Å². The van der Waals surface area contributed by atoms with E-state index in [0.29, 0.717) is 6.54 Å². The van der Waals surface area contributed by atoms with Crippen molar-refractivity contribution >= 4 is 17.7 Å². The van der Waals surface area contributed by atoms with Crippen LogP contribution in [0.1, 0.15) is 29.5 Å². The molecule has 0 bridgehead atoms. The Balaban J connectivity index is 1.56. The number of likely N-dealkylation sites (tertiary alicyclic amines) is 1. The fraction of sp³-hybridized carbons (Fsp3) is 0.391. The molecular weight excluding hydrogens is 362 g/mol. The smallest absolute Gasteiger partial charge is 0.321 e. The minimum Gasteiger partial charge on any atom is -0.352 e. The third kappa shape index (κ3) is 5.73. The Morgan fingerprint density at radius 3 is 2.62 bits per heavy atom. The number of urea groups is 1. The Bertz CT molecular complexity index is 858. The molecule has 154 valence electrons. The SMILES string of the molecule is CN=C(NCc1cccc(NC(=O)N2CCCC2)c1)N(C)Cc1ccccc1C. The van der Waals surface area contributed by atoms with Gasteiger partial charge in [0.25, 0.3) is 0 Å². The average Bonchev–Trinajstić information content (AvgIpc) is 3.26. The maximum absolute atomic E-state index is 12.3. The van der Waals surface area contributed by atoms with E-state index in [1.807, 2.05) is 36.2 Å². The summed E-state index contributed by atoms with van der Waals surface area (Å²) in [6, 6.07) is 16.3. The van der Waals surface area contributed by atoms with Crippen molar-refractivity contribution in [3.05, 3.63) is 65.2 Å². The maximum Gasteiger partial charge on any atom is 0.321 e. The Kier molecular flexibility index (Phi) is 7.11. The van der Waals surface area contributed by atoms with E-state index < -0.39 is 0 Å². The van der Waals surface area contributed by atoms with E-state index >= 15 is 0 Å². The van der Waals surface area contributed by atoms with Crippen LogP contribution in [0.15, 0.2) is 53.5 Å². The van der Waals surface area contributed by atoms with Gasteiger partial charge in [-0.25, -0.2) is 4.79 Å². The summed E-state index contributed by atoms with van der Waals surface area (Å²) in [5.41, 5.74) is 4.47. The van der Waals surface area contributed by atoms with Crippen LogP contribution in [0.2, 0.25) is 0 Å². The fourth-order valence-electron chi connectivity index (χ4n) is 3.57. The zero-order valence-electron chi connectivity index (χ0n) is 17.6. The lowest BCUT2D eigenvalue weighted by Crippen LogP contribution is -2.38.